The van der Waals surface area contributed by atoms with Gasteiger partial charge in [-0.3, -0.25) is 0 Å². The minimum absolute atomic E-state index is 0.0122. The lowest BCUT2D eigenvalue weighted by Crippen LogP contribution is -2.59. The van der Waals surface area contributed by atoms with Gasteiger partial charge in [0, 0.05) is 31.1 Å². The molecule has 0 bridgehead atoms. The summed E-state index contributed by atoms with van der Waals surface area (Å²) in [4.78, 5) is 2.48. The molecule has 0 amide bonds. The molecule has 1 saturated carbocycles. The van der Waals surface area contributed by atoms with Gasteiger partial charge in [-0.1, -0.05) is 13.3 Å². The van der Waals surface area contributed by atoms with E-state index < -0.39 is 5.60 Å². The van der Waals surface area contributed by atoms with Gasteiger partial charge in [-0.15, -0.1) is 0 Å². The Bertz CT molecular complexity index is 300. The van der Waals surface area contributed by atoms with Crippen LogP contribution >= 0.6 is 0 Å². The van der Waals surface area contributed by atoms with Crippen LogP contribution in [0.1, 0.15) is 65.7 Å². The van der Waals surface area contributed by atoms with Crippen molar-refractivity contribution in [2.45, 2.75) is 77.4 Å². The van der Waals surface area contributed by atoms with E-state index in [1.165, 1.54) is 19.3 Å². The van der Waals surface area contributed by atoms with Gasteiger partial charge < -0.3 is 15.7 Å². The third-order valence-corrected chi connectivity index (χ3v) is 6.37. The highest BCUT2D eigenvalue weighted by molar-refractivity contribution is 5.04. The van der Waals surface area contributed by atoms with Gasteiger partial charge in [0.1, 0.15) is 0 Å². The van der Waals surface area contributed by atoms with Gasteiger partial charge in [-0.2, -0.15) is 0 Å². The molecular formula is C17H34N2O. The standard InChI is InChI=1S/C17H34N2O/c1-4-15-5-7-16(13-18,8-6-15)17(20)9-11-19(12-10-17)14(2)3/h14-15,20H,4-13,18H2,1-3H3. The molecule has 1 saturated heterocycles. The summed E-state index contributed by atoms with van der Waals surface area (Å²) in [7, 11) is 0. The quantitative estimate of drug-likeness (QED) is 0.833. The van der Waals surface area contributed by atoms with Crippen molar-refractivity contribution in [3.8, 4) is 0 Å². The van der Waals surface area contributed by atoms with Crippen molar-refractivity contribution in [2.75, 3.05) is 19.6 Å². The van der Waals surface area contributed by atoms with Gasteiger partial charge >= 0.3 is 0 Å². The van der Waals surface area contributed by atoms with E-state index in [1.807, 2.05) is 0 Å². The first-order valence-corrected chi connectivity index (χ1v) is 8.63. The third kappa shape index (κ3) is 2.90. The molecule has 0 unspecified atom stereocenters. The van der Waals surface area contributed by atoms with Crippen LogP contribution < -0.4 is 5.73 Å². The Balaban J connectivity index is 2.04. The molecule has 1 heterocycles. The van der Waals surface area contributed by atoms with Crippen LogP contribution in [0.5, 0.6) is 0 Å². The summed E-state index contributed by atoms with van der Waals surface area (Å²) in [6.07, 6.45) is 7.84. The highest BCUT2D eigenvalue weighted by Crippen LogP contribution is 2.50. The molecule has 2 aliphatic rings. The van der Waals surface area contributed by atoms with Crippen LogP contribution in [-0.4, -0.2) is 41.3 Å². The number of hydrogen-bond acceptors (Lipinski definition) is 3. The summed E-state index contributed by atoms with van der Waals surface area (Å²) < 4.78 is 0. The molecule has 3 N–H and O–H groups in total. The SMILES string of the molecule is CCC1CCC(CN)(C2(O)CCN(C(C)C)CC2)CC1. The average molecular weight is 282 g/mol. The Labute approximate surface area is 124 Å². The number of hydrogen-bond donors (Lipinski definition) is 2. The fourth-order valence-corrected chi connectivity index (χ4v) is 4.44. The summed E-state index contributed by atoms with van der Waals surface area (Å²) in [5.41, 5.74) is 5.63. The molecule has 0 radical (unpaired) electrons. The lowest BCUT2D eigenvalue weighted by Gasteiger charge is -2.54. The Morgan fingerprint density at radius 3 is 2.10 bits per heavy atom. The van der Waals surface area contributed by atoms with Crippen LogP contribution in [0.4, 0.5) is 0 Å². The van der Waals surface area contributed by atoms with E-state index in [0.29, 0.717) is 12.6 Å². The first kappa shape index (κ1) is 16.3. The molecule has 118 valence electrons. The number of nitrogens with zero attached hydrogens (tertiary/aromatic N) is 1. The predicted molar refractivity (Wildman–Crippen MR) is 84.6 cm³/mol. The smallest absolute Gasteiger partial charge is 0.0740 e. The summed E-state index contributed by atoms with van der Waals surface area (Å²) in [5.74, 6) is 0.856. The van der Waals surface area contributed by atoms with E-state index in [9.17, 15) is 5.11 Å². The van der Waals surface area contributed by atoms with Crippen molar-refractivity contribution in [1.29, 1.82) is 0 Å². The number of rotatable bonds is 4. The Kier molecular flexibility index (Phi) is 5.14. The number of nitrogens with two attached hydrogens (primary N) is 1. The van der Waals surface area contributed by atoms with E-state index in [-0.39, 0.29) is 5.41 Å². The molecule has 0 aromatic carbocycles. The number of aliphatic hydroxyl groups is 1. The van der Waals surface area contributed by atoms with Crippen molar-refractivity contribution in [2.24, 2.45) is 17.1 Å². The van der Waals surface area contributed by atoms with Gasteiger partial charge in [0.2, 0.25) is 0 Å². The molecule has 1 aliphatic carbocycles. The van der Waals surface area contributed by atoms with Crippen molar-refractivity contribution in [3.63, 3.8) is 0 Å². The summed E-state index contributed by atoms with van der Waals surface area (Å²) in [6, 6.07) is 0.587. The summed E-state index contributed by atoms with van der Waals surface area (Å²) in [5, 5.41) is 11.3. The summed E-state index contributed by atoms with van der Waals surface area (Å²) in [6.45, 7) is 9.48. The molecule has 3 heteroatoms. The lowest BCUT2D eigenvalue weighted by molar-refractivity contribution is -0.139. The minimum Gasteiger partial charge on any atom is -0.389 e. The maximum absolute atomic E-state index is 11.3. The van der Waals surface area contributed by atoms with Gasteiger partial charge in [-0.05, 0) is 58.3 Å². The van der Waals surface area contributed by atoms with Crippen LogP contribution in [0.2, 0.25) is 0 Å². The number of piperidine rings is 1. The van der Waals surface area contributed by atoms with Crippen molar-refractivity contribution < 1.29 is 5.11 Å². The van der Waals surface area contributed by atoms with Crippen molar-refractivity contribution >= 4 is 0 Å². The maximum atomic E-state index is 11.3. The molecule has 0 spiro atoms. The Hall–Kier alpha value is -0.120. The molecule has 1 aliphatic heterocycles. The van der Waals surface area contributed by atoms with Crippen LogP contribution in [0, 0.1) is 11.3 Å². The number of likely N-dealkylation sites (tertiary alicyclic amines) is 1. The van der Waals surface area contributed by atoms with Crippen LogP contribution in [0.15, 0.2) is 0 Å². The van der Waals surface area contributed by atoms with Crippen molar-refractivity contribution in [3.05, 3.63) is 0 Å². The second kappa shape index (κ2) is 6.33. The summed E-state index contributed by atoms with van der Waals surface area (Å²) >= 11 is 0. The Morgan fingerprint density at radius 2 is 1.70 bits per heavy atom. The van der Waals surface area contributed by atoms with Gasteiger partial charge in [0.25, 0.3) is 0 Å². The van der Waals surface area contributed by atoms with E-state index in [4.69, 9.17) is 5.73 Å². The monoisotopic (exact) mass is 282 g/mol. The normalized spacial score (nSPS) is 35.4. The van der Waals surface area contributed by atoms with Crippen LogP contribution in [-0.2, 0) is 0 Å². The van der Waals surface area contributed by atoms with Gasteiger partial charge in [0.15, 0.2) is 0 Å². The largest absolute Gasteiger partial charge is 0.389 e. The maximum Gasteiger partial charge on any atom is 0.0740 e. The first-order chi connectivity index (χ1) is 9.46. The molecule has 0 atom stereocenters. The lowest BCUT2D eigenvalue weighted by atomic mass is 9.58. The van der Waals surface area contributed by atoms with E-state index in [1.54, 1.807) is 0 Å². The zero-order valence-electron chi connectivity index (χ0n) is 13.7. The second-order valence-corrected chi connectivity index (χ2v) is 7.50. The van der Waals surface area contributed by atoms with Crippen LogP contribution in [0.3, 0.4) is 0 Å². The molecule has 20 heavy (non-hydrogen) atoms. The average Bonchev–Trinajstić information content (AvgIpc) is 2.47. The van der Waals surface area contributed by atoms with Crippen LogP contribution in [0.25, 0.3) is 0 Å². The molecule has 0 aromatic heterocycles. The Morgan fingerprint density at radius 1 is 1.15 bits per heavy atom. The van der Waals surface area contributed by atoms with Gasteiger partial charge in [-0.25, -0.2) is 0 Å². The van der Waals surface area contributed by atoms with Crippen molar-refractivity contribution in [1.82, 2.24) is 4.90 Å². The first-order valence-electron chi connectivity index (χ1n) is 8.63. The predicted octanol–water partition coefficient (Wildman–Crippen LogP) is 2.77. The molecule has 3 nitrogen and oxygen atoms in total. The fourth-order valence-electron chi connectivity index (χ4n) is 4.44. The van der Waals surface area contributed by atoms with E-state index in [2.05, 4.69) is 25.7 Å². The molecular weight excluding hydrogens is 248 g/mol. The van der Waals surface area contributed by atoms with E-state index in [0.717, 1.165) is 44.7 Å². The molecule has 2 rings (SSSR count). The molecule has 2 fully saturated rings. The van der Waals surface area contributed by atoms with E-state index >= 15 is 0 Å². The fraction of sp³-hybridized carbons (Fsp3) is 1.00. The highest BCUT2D eigenvalue weighted by Gasteiger charge is 2.51. The third-order valence-electron chi connectivity index (χ3n) is 6.37. The minimum atomic E-state index is -0.522. The van der Waals surface area contributed by atoms with Gasteiger partial charge in [0.05, 0.1) is 5.60 Å². The highest BCUT2D eigenvalue weighted by atomic mass is 16.3. The topological polar surface area (TPSA) is 49.5 Å². The zero-order valence-corrected chi connectivity index (χ0v) is 13.7. The second-order valence-electron chi connectivity index (χ2n) is 7.50. The molecule has 0 aromatic rings. The zero-order chi connectivity index (χ0) is 14.8.